The quantitative estimate of drug-likeness (QED) is 0.210. The van der Waals surface area contributed by atoms with Crippen LogP contribution in [0.25, 0.3) is 10.9 Å². The molecule has 1 amide bonds. The molecule has 0 unspecified atom stereocenters. The van der Waals surface area contributed by atoms with Gasteiger partial charge in [-0.1, -0.05) is 50.1 Å². The van der Waals surface area contributed by atoms with E-state index in [2.05, 4.69) is 31.1 Å². The predicted molar refractivity (Wildman–Crippen MR) is 135 cm³/mol. The molecule has 0 saturated heterocycles. The number of halogens is 1. The molecule has 4 rings (SSSR count). The summed E-state index contributed by atoms with van der Waals surface area (Å²) in [7, 11) is 1.50. The van der Waals surface area contributed by atoms with Gasteiger partial charge in [-0.15, -0.1) is 0 Å². The van der Waals surface area contributed by atoms with Crippen molar-refractivity contribution in [1.29, 1.82) is 0 Å². The van der Waals surface area contributed by atoms with Crippen molar-refractivity contribution in [3.05, 3.63) is 29.0 Å². The monoisotopic (exact) mass is 487 g/mol. The van der Waals surface area contributed by atoms with Crippen LogP contribution < -0.4 is 21.8 Å². The Morgan fingerprint density at radius 1 is 1.09 bits per heavy atom. The predicted octanol–water partition coefficient (Wildman–Crippen LogP) is 3.92. The normalized spacial score (nSPS) is 22.2. The largest absolute Gasteiger partial charge is 0.368 e. The highest BCUT2D eigenvalue weighted by molar-refractivity contribution is 6.31. The van der Waals surface area contributed by atoms with Gasteiger partial charge in [0.15, 0.2) is 0 Å². The van der Waals surface area contributed by atoms with Gasteiger partial charge in [-0.2, -0.15) is 0 Å². The fourth-order valence-electron chi connectivity index (χ4n) is 4.91. The Morgan fingerprint density at radius 2 is 1.82 bits per heavy atom. The minimum atomic E-state index is -0.237. The number of nitrogens with one attached hydrogen (secondary N) is 3. The summed E-state index contributed by atoms with van der Waals surface area (Å²) < 4.78 is 0. The molecule has 1 heterocycles. The molecular weight excluding hydrogens is 454 g/mol. The molecule has 2 atom stereocenters. The molecule has 1 aromatic heterocycles. The van der Waals surface area contributed by atoms with Crippen LogP contribution in [-0.2, 0) is 4.84 Å². The zero-order valence-electron chi connectivity index (χ0n) is 19.6. The number of guanidine groups is 1. The van der Waals surface area contributed by atoms with Crippen molar-refractivity contribution < 1.29 is 9.63 Å². The third-order valence-corrected chi connectivity index (χ3v) is 6.85. The molecule has 2 aromatic rings. The van der Waals surface area contributed by atoms with Crippen molar-refractivity contribution >= 4 is 40.2 Å². The number of fused-ring (bicyclic) bond motifs is 1. The number of amides is 1. The lowest BCUT2D eigenvalue weighted by Gasteiger charge is -2.30. The zero-order valence-corrected chi connectivity index (χ0v) is 20.4. The van der Waals surface area contributed by atoms with E-state index in [1.165, 1.54) is 20.0 Å². The van der Waals surface area contributed by atoms with Crippen LogP contribution in [0.3, 0.4) is 0 Å². The van der Waals surface area contributed by atoms with Crippen molar-refractivity contribution in [2.45, 2.75) is 82.3 Å². The van der Waals surface area contributed by atoms with Crippen molar-refractivity contribution in [1.82, 2.24) is 20.8 Å². The second-order valence-corrected chi connectivity index (χ2v) is 9.58. The van der Waals surface area contributed by atoms with Crippen molar-refractivity contribution in [2.24, 2.45) is 10.7 Å². The SMILES string of the molecule is CONC(N)=N[C@@H]1CCCC[C@@H]1Nc1nc(C(=O)NC2CCCCCC2)nc2ccc(Cl)cc12. The summed E-state index contributed by atoms with van der Waals surface area (Å²) in [6, 6.07) is 5.55. The molecule has 2 fully saturated rings. The number of anilines is 1. The average Bonchev–Trinajstić information content (AvgIpc) is 3.09. The highest BCUT2D eigenvalue weighted by Crippen LogP contribution is 2.29. The summed E-state index contributed by atoms with van der Waals surface area (Å²) in [4.78, 5) is 31.8. The van der Waals surface area contributed by atoms with Gasteiger partial charge < -0.3 is 16.4 Å². The van der Waals surface area contributed by atoms with Crippen LogP contribution in [0.5, 0.6) is 0 Å². The summed E-state index contributed by atoms with van der Waals surface area (Å²) in [6.45, 7) is 0. The molecule has 184 valence electrons. The van der Waals surface area contributed by atoms with Crippen molar-refractivity contribution in [2.75, 3.05) is 12.4 Å². The Morgan fingerprint density at radius 3 is 2.59 bits per heavy atom. The van der Waals surface area contributed by atoms with Gasteiger partial charge in [0.05, 0.1) is 24.7 Å². The minimum Gasteiger partial charge on any atom is -0.368 e. The van der Waals surface area contributed by atoms with Gasteiger partial charge in [-0.05, 0) is 43.9 Å². The number of hydroxylamine groups is 1. The summed E-state index contributed by atoms with van der Waals surface area (Å²) >= 11 is 6.29. The van der Waals surface area contributed by atoms with E-state index in [0.29, 0.717) is 16.4 Å². The molecule has 2 aliphatic carbocycles. The number of aliphatic imine (C=N–C) groups is 1. The maximum absolute atomic E-state index is 13.1. The number of carbonyl (C=O) groups excluding carboxylic acids is 1. The highest BCUT2D eigenvalue weighted by Gasteiger charge is 2.27. The van der Waals surface area contributed by atoms with E-state index in [0.717, 1.165) is 56.8 Å². The number of carbonyl (C=O) groups is 1. The van der Waals surface area contributed by atoms with E-state index in [9.17, 15) is 4.79 Å². The van der Waals surface area contributed by atoms with Gasteiger partial charge in [0, 0.05) is 16.5 Å². The van der Waals surface area contributed by atoms with Crippen LogP contribution in [-0.4, -0.2) is 47.1 Å². The van der Waals surface area contributed by atoms with E-state index in [1.807, 2.05) is 12.1 Å². The lowest BCUT2D eigenvalue weighted by molar-refractivity contribution is 0.0923. The van der Waals surface area contributed by atoms with Gasteiger partial charge in [0.25, 0.3) is 5.91 Å². The molecule has 9 nitrogen and oxygen atoms in total. The summed E-state index contributed by atoms with van der Waals surface area (Å²) in [5, 5.41) is 8.05. The van der Waals surface area contributed by atoms with Crippen LogP contribution in [0.15, 0.2) is 23.2 Å². The van der Waals surface area contributed by atoms with Gasteiger partial charge in [0.1, 0.15) is 5.82 Å². The number of hydrogen-bond acceptors (Lipinski definition) is 6. The first-order valence-corrected chi connectivity index (χ1v) is 12.6. The first-order valence-electron chi connectivity index (χ1n) is 12.2. The lowest BCUT2D eigenvalue weighted by atomic mass is 9.90. The topological polar surface area (TPSA) is 127 Å². The molecule has 0 bridgehead atoms. The molecule has 5 N–H and O–H groups in total. The second-order valence-electron chi connectivity index (χ2n) is 9.14. The standard InChI is InChI=1S/C24H34ClN7O2/c1-34-32-24(26)30-20-11-7-6-10-19(20)29-21-17-14-15(25)12-13-18(17)28-22(31-21)23(33)27-16-8-4-2-3-5-9-16/h12-14,16,19-20H,2-11H2,1H3,(H,27,33)(H3,26,30,32)(H,28,29,31)/t19-,20+/m0/s1. The van der Waals surface area contributed by atoms with E-state index >= 15 is 0 Å². The van der Waals surface area contributed by atoms with Crippen LogP contribution in [0.1, 0.15) is 74.8 Å². The summed E-state index contributed by atoms with van der Waals surface area (Å²) in [6.07, 6.45) is 10.7. The number of rotatable bonds is 6. The fraction of sp³-hybridized carbons (Fsp3) is 0.583. The number of nitrogens with two attached hydrogens (primary N) is 1. The van der Waals surface area contributed by atoms with Crippen LogP contribution >= 0.6 is 11.6 Å². The first kappa shape index (κ1) is 24.5. The molecule has 0 radical (unpaired) electrons. The molecule has 0 aliphatic heterocycles. The molecule has 2 saturated carbocycles. The van der Waals surface area contributed by atoms with Gasteiger partial charge in [-0.25, -0.2) is 20.4 Å². The smallest absolute Gasteiger partial charge is 0.289 e. The van der Waals surface area contributed by atoms with Crippen LogP contribution in [0.2, 0.25) is 5.02 Å². The van der Waals surface area contributed by atoms with Crippen molar-refractivity contribution in [3.63, 3.8) is 0 Å². The Kier molecular flexibility index (Phi) is 8.39. The van der Waals surface area contributed by atoms with E-state index in [-0.39, 0.29) is 35.8 Å². The number of aromatic nitrogens is 2. The first-order chi connectivity index (χ1) is 16.5. The zero-order chi connectivity index (χ0) is 23.9. The third-order valence-electron chi connectivity index (χ3n) is 6.61. The van der Waals surface area contributed by atoms with Gasteiger partial charge >= 0.3 is 0 Å². The van der Waals surface area contributed by atoms with E-state index < -0.39 is 0 Å². The Balaban J connectivity index is 1.61. The average molecular weight is 488 g/mol. The number of hydrogen-bond donors (Lipinski definition) is 4. The lowest BCUT2D eigenvalue weighted by Crippen LogP contribution is -2.40. The molecule has 1 aromatic carbocycles. The minimum absolute atomic E-state index is 0.000746. The molecule has 10 heteroatoms. The van der Waals surface area contributed by atoms with Gasteiger partial charge in [-0.3, -0.25) is 9.63 Å². The molecule has 0 spiro atoms. The molecule has 2 aliphatic rings. The van der Waals surface area contributed by atoms with Crippen LogP contribution in [0.4, 0.5) is 5.82 Å². The maximum Gasteiger partial charge on any atom is 0.289 e. The molecular formula is C24H34ClN7O2. The number of nitrogens with zero attached hydrogens (tertiary/aromatic N) is 3. The summed E-state index contributed by atoms with van der Waals surface area (Å²) in [5.74, 6) is 0.751. The highest BCUT2D eigenvalue weighted by atomic mass is 35.5. The Labute approximate surface area is 205 Å². The third kappa shape index (κ3) is 6.27. The fourth-order valence-corrected chi connectivity index (χ4v) is 5.08. The Hall–Kier alpha value is -2.65. The Bertz CT molecular complexity index is 1020. The molecule has 34 heavy (non-hydrogen) atoms. The summed E-state index contributed by atoms with van der Waals surface area (Å²) in [5.41, 5.74) is 9.19. The van der Waals surface area contributed by atoms with E-state index in [1.54, 1.807) is 6.07 Å². The number of benzene rings is 1. The van der Waals surface area contributed by atoms with E-state index in [4.69, 9.17) is 22.2 Å². The van der Waals surface area contributed by atoms with Crippen molar-refractivity contribution in [3.8, 4) is 0 Å². The second kappa shape index (κ2) is 11.7. The maximum atomic E-state index is 13.1. The van der Waals surface area contributed by atoms with Crippen LogP contribution in [0, 0.1) is 0 Å². The van der Waals surface area contributed by atoms with Gasteiger partial charge in [0.2, 0.25) is 11.8 Å².